The quantitative estimate of drug-likeness (QED) is 0.632. The van der Waals surface area contributed by atoms with E-state index in [2.05, 4.69) is 22.0 Å². The van der Waals surface area contributed by atoms with Crippen molar-refractivity contribution in [1.29, 1.82) is 0 Å². The molecule has 0 aliphatic carbocycles. The topological polar surface area (TPSA) is 53.2 Å². The van der Waals surface area contributed by atoms with Crippen LogP contribution in [0.4, 0.5) is 0 Å². The molecule has 1 aromatic heterocycles. The highest BCUT2D eigenvalue weighted by atomic mass is 35.5. The van der Waals surface area contributed by atoms with Crippen LogP contribution in [-0.2, 0) is 13.0 Å². The van der Waals surface area contributed by atoms with Gasteiger partial charge in [-0.3, -0.25) is 9.59 Å². The number of hydrogen-bond acceptors (Lipinski definition) is 3. The van der Waals surface area contributed by atoms with E-state index in [-0.39, 0.29) is 0 Å². The smallest absolute Gasteiger partial charge is 0.268 e. The number of halogens is 1. The van der Waals surface area contributed by atoms with Gasteiger partial charge >= 0.3 is 0 Å². The lowest BCUT2D eigenvalue weighted by Gasteiger charge is -2.16. The number of carbonyl (C=O) groups excluding carboxylic acids is 2. The Hall–Kier alpha value is -1.91. The van der Waals surface area contributed by atoms with Gasteiger partial charge in [0, 0.05) is 24.8 Å². The monoisotopic (exact) mass is 304 g/mol. The largest absolute Gasteiger partial charge is 0.357 e. The van der Waals surface area contributed by atoms with E-state index >= 15 is 0 Å². The molecule has 1 heterocycles. The molecule has 0 radical (unpaired) electrons. The van der Waals surface area contributed by atoms with E-state index in [1.165, 1.54) is 11.8 Å². The predicted molar refractivity (Wildman–Crippen MR) is 82.8 cm³/mol. The Morgan fingerprint density at radius 1 is 1.33 bits per heavy atom. The predicted octanol–water partition coefficient (Wildman–Crippen LogP) is 2.88. The minimum Gasteiger partial charge on any atom is -0.357 e. The summed E-state index contributed by atoms with van der Waals surface area (Å²) in [5.41, 5.74) is 2.71. The number of rotatable bonds is 7. The van der Waals surface area contributed by atoms with E-state index in [9.17, 15) is 9.59 Å². The number of aromatic nitrogens is 1. The van der Waals surface area contributed by atoms with Crippen molar-refractivity contribution in [2.75, 3.05) is 13.6 Å². The van der Waals surface area contributed by atoms with Gasteiger partial charge in [0.25, 0.3) is 5.24 Å². The summed E-state index contributed by atoms with van der Waals surface area (Å²) in [6.45, 7) is 1.54. The third kappa shape index (κ3) is 4.03. The molecule has 0 saturated heterocycles. The van der Waals surface area contributed by atoms with Gasteiger partial charge in [0.1, 0.15) is 5.69 Å². The lowest BCUT2D eigenvalue weighted by atomic mass is 10.1. The van der Waals surface area contributed by atoms with Crippen LogP contribution in [0.25, 0.3) is 0 Å². The molecule has 0 atom stereocenters. The van der Waals surface area contributed by atoms with Crippen molar-refractivity contribution >= 4 is 23.1 Å². The fraction of sp³-hybridized carbons (Fsp3) is 0.250. The van der Waals surface area contributed by atoms with Crippen LogP contribution in [0.1, 0.15) is 32.0 Å². The molecule has 1 N–H and O–H groups in total. The molecule has 0 aliphatic rings. The molecule has 110 valence electrons. The molecule has 0 amide bonds. The second-order valence-corrected chi connectivity index (χ2v) is 5.31. The van der Waals surface area contributed by atoms with Gasteiger partial charge in [0.2, 0.25) is 0 Å². The SMILES string of the molecule is CN(CCc1c(C=O)c[nH]c1C(=O)Cl)Cc1ccccc1. The Bertz CT molecular complexity index is 622. The molecule has 5 heteroatoms. The first-order valence-electron chi connectivity index (χ1n) is 6.69. The van der Waals surface area contributed by atoms with Crippen molar-refractivity contribution < 1.29 is 9.59 Å². The summed E-state index contributed by atoms with van der Waals surface area (Å²) >= 11 is 5.52. The lowest BCUT2D eigenvalue weighted by Crippen LogP contribution is -2.21. The number of likely N-dealkylation sites (N-methyl/N-ethyl adjacent to an activating group) is 1. The van der Waals surface area contributed by atoms with E-state index < -0.39 is 5.24 Å². The van der Waals surface area contributed by atoms with Crippen molar-refractivity contribution in [3.05, 3.63) is 58.9 Å². The normalized spacial score (nSPS) is 10.8. The highest BCUT2D eigenvalue weighted by Gasteiger charge is 2.16. The van der Waals surface area contributed by atoms with Gasteiger partial charge in [0.05, 0.1) is 0 Å². The zero-order valence-electron chi connectivity index (χ0n) is 11.8. The zero-order valence-corrected chi connectivity index (χ0v) is 12.6. The first-order valence-corrected chi connectivity index (χ1v) is 7.07. The molecule has 0 aliphatic heterocycles. The maximum absolute atomic E-state index is 11.3. The number of carbonyl (C=O) groups is 2. The summed E-state index contributed by atoms with van der Waals surface area (Å²) in [5, 5.41) is -0.566. The van der Waals surface area contributed by atoms with Crippen LogP contribution in [0.2, 0.25) is 0 Å². The molecule has 2 aromatic rings. The van der Waals surface area contributed by atoms with E-state index in [0.29, 0.717) is 23.2 Å². The zero-order chi connectivity index (χ0) is 15.2. The van der Waals surface area contributed by atoms with Gasteiger partial charge in [-0.2, -0.15) is 0 Å². The fourth-order valence-electron chi connectivity index (χ4n) is 2.30. The average Bonchev–Trinajstić information content (AvgIpc) is 2.89. The molecular formula is C16H17ClN2O2. The van der Waals surface area contributed by atoms with Crippen LogP contribution in [0.3, 0.4) is 0 Å². The first kappa shape index (κ1) is 15.5. The van der Waals surface area contributed by atoms with E-state index in [1.54, 1.807) is 0 Å². The fourth-order valence-corrected chi connectivity index (χ4v) is 2.46. The van der Waals surface area contributed by atoms with Gasteiger partial charge in [-0.15, -0.1) is 0 Å². The molecule has 0 fully saturated rings. The summed E-state index contributed by atoms with van der Waals surface area (Å²) in [5.74, 6) is 0. The second-order valence-electron chi connectivity index (χ2n) is 4.96. The van der Waals surface area contributed by atoms with E-state index in [0.717, 1.165) is 19.4 Å². The maximum atomic E-state index is 11.3. The van der Waals surface area contributed by atoms with Crippen molar-refractivity contribution in [3.63, 3.8) is 0 Å². The summed E-state index contributed by atoms with van der Waals surface area (Å²) in [7, 11) is 2.00. The van der Waals surface area contributed by atoms with Crippen molar-refractivity contribution in [2.24, 2.45) is 0 Å². The summed E-state index contributed by atoms with van der Waals surface area (Å²) in [4.78, 5) is 27.3. The lowest BCUT2D eigenvalue weighted by molar-refractivity contribution is 0.107. The Labute approximate surface area is 128 Å². The highest BCUT2D eigenvalue weighted by Crippen LogP contribution is 2.16. The van der Waals surface area contributed by atoms with Gasteiger partial charge in [-0.25, -0.2) is 0 Å². The average molecular weight is 305 g/mol. The standard InChI is InChI=1S/C16H17ClN2O2/c1-19(10-12-5-3-2-4-6-12)8-7-14-13(11-20)9-18-15(14)16(17)21/h2-6,9,11,18H,7-8,10H2,1H3. The van der Waals surface area contributed by atoms with Crippen LogP contribution < -0.4 is 0 Å². The van der Waals surface area contributed by atoms with Crippen molar-refractivity contribution in [2.45, 2.75) is 13.0 Å². The molecule has 0 unspecified atom stereocenters. The third-order valence-corrected chi connectivity index (χ3v) is 3.57. The Balaban J connectivity index is 2.01. The van der Waals surface area contributed by atoms with E-state index in [1.807, 2.05) is 25.2 Å². The minimum absolute atomic E-state index is 0.312. The second kappa shape index (κ2) is 7.20. The van der Waals surface area contributed by atoms with Gasteiger partial charge in [-0.1, -0.05) is 30.3 Å². The number of aromatic amines is 1. The number of benzene rings is 1. The molecule has 2 rings (SSSR count). The van der Waals surface area contributed by atoms with Gasteiger partial charge in [-0.05, 0) is 36.2 Å². The highest BCUT2D eigenvalue weighted by molar-refractivity contribution is 6.67. The number of aldehydes is 1. The van der Waals surface area contributed by atoms with E-state index in [4.69, 9.17) is 11.6 Å². The van der Waals surface area contributed by atoms with Crippen LogP contribution in [0.15, 0.2) is 36.5 Å². The summed E-state index contributed by atoms with van der Waals surface area (Å²) in [6.07, 6.45) is 2.86. The molecule has 1 aromatic carbocycles. The van der Waals surface area contributed by atoms with Crippen molar-refractivity contribution in [3.8, 4) is 0 Å². The third-order valence-electron chi connectivity index (χ3n) is 3.38. The molecule has 0 spiro atoms. The molecular weight excluding hydrogens is 288 g/mol. The summed E-state index contributed by atoms with van der Waals surface area (Å²) < 4.78 is 0. The van der Waals surface area contributed by atoms with Crippen LogP contribution in [0, 0.1) is 0 Å². The number of nitrogens with zero attached hydrogens (tertiary/aromatic N) is 1. The Kier molecular flexibility index (Phi) is 5.31. The van der Waals surface area contributed by atoms with Crippen LogP contribution in [0.5, 0.6) is 0 Å². The van der Waals surface area contributed by atoms with Gasteiger partial charge < -0.3 is 9.88 Å². The molecule has 4 nitrogen and oxygen atoms in total. The van der Waals surface area contributed by atoms with Crippen molar-refractivity contribution in [1.82, 2.24) is 9.88 Å². The van der Waals surface area contributed by atoms with Gasteiger partial charge in [0.15, 0.2) is 6.29 Å². The number of nitrogens with one attached hydrogen (secondary N) is 1. The number of hydrogen-bond donors (Lipinski definition) is 1. The minimum atomic E-state index is -0.566. The molecule has 21 heavy (non-hydrogen) atoms. The molecule has 0 bridgehead atoms. The summed E-state index contributed by atoms with van der Waals surface area (Å²) in [6, 6.07) is 10.1. The first-order chi connectivity index (χ1) is 10.1. The van der Waals surface area contributed by atoms with Crippen LogP contribution in [-0.4, -0.2) is 35.0 Å². The van der Waals surface area contributed by atoms with Crippen LogP contribution >= 0.6 is 11.6 Å². The number of H-pyrrole nitrogens is 1. The Morgan fingerprint density at radius 2 is 2.05 bits per heavy atom. The Morgan fingerprint density at radius 3 is 2.67 bits per heavy atom. The molecule has 0 saturated carbocycles. The maximum Gasteiger partial charge on any atom is 0.268 e.